The van der Waals surface area contributed by atoms with Crippen molar-refractivity contribution < 1.29 is 9.90 Å². The Kier molecular flexibility index (Phi) is 5.63. The van der Waals surface area contributed by atoms with Crippen LogP contribution in [0.3, 0.4) is 0 Å². The van der Waals surface area contributed by atoms with Crippen LogP contribution in [-0.4, -0.2) is 71.7 Å². The maximum atomic E-state index is 11.6. The van der Waals surface area contributed by atoms with Gasteiger partial charge in [0.25, 0.3) is 0 Å². The molecule has 1 aliphatic carbocycles. The SMILES string of the molecule is CCN1CCCC1CN(C)CCC(C)(NC1CC1)C(=O)O. The van der Waals surface area contributed by atoms with Gasteiger partial charge in [0.1, 0.15) is 5.54 Å². The second kappa shape index (κ2) is 7.07. The maximum absolute atomic E-state index is 11.6. The summed E-state index contributed by atoms with van der Waals surface area (Å²) < 4.78 is 0. The van der Waals surface area contributed by atoms with Gasteiger partial charge in [0.05, 0.1) is 0 Å². The molecule has 0 spiro atoms. The highest BCUT2D eigenvalue weighted by Gasteiger charge is 2.38. The summed E-state index contributed by atoms with van der Waals surface area (Å²) in [5, 5.41) is 12.8. The van der Waals surface area contributed by atoms with Gasteiger partial charge in [-0.3, -0.25) is 15.0 Å². The first-order valence-corrected chi connectivity index (χ1v) is 8.38. The van der Waals surface area contributed by atoms with Crippen LogP contribution in [-0.2, 0) is 4.79 Å². The number of carbonyl (C=O) groups is 1. The molecule has 1 heterocycles. The van der Waals surface area contributed by atoms with E-state index in [0.717, 1.165) is 32.5 Å². The summed E-state index contributed by atoms with van der Waals surface area (Å²) in [5.74, 6) is -0.723. The molecule has 0 aromatic heterocycles. The van der Waals surface area contributed by atoms with Gasteiger partial charge in [0.15, 0.2) is 0 Å². The van der Waals surface area contributed by atoms with Gasteiger partial charge < -0.3 is 10.0 Å². The van der Waals surface area contributed by atoms with Gasteiger partial charge in [-0.15, -0.1) is 0 Å². The summed E-state index contributed by atoms with van der Waals surface area (Å²) in [6.07, 6.45) is 5.46. The molecule has 5 heteroatoms. The molecule has 2 unspecified atom stereocenters. The first kappa shape index (κ1) is 16.7. The lowest BCUT2D eigenvalue weighted by atomic mass is 9.97. The molecule has 5 nitrogen and oxygen atoms in total. The van der Waals surface area contributed by atoms with E-state index in [0.29, 0.717) is 18.5 Å². The number of likely N-dealkylation sites (tertiary alicyclic amines) is 1. The molecule has 2 N–H and O–H groups in total. The molecule has 2 rings (SSSR count). The van der Waals surface area contributed by atoms with E-state index in [1.54, 1.807) is 0 Å². The van der Waals surface area contributed by atoms with Crippen LogP contribution < -0.4 is 5.32 Å². The summed E-state index contributed by atoms with van der Waals surface area (Å²) in [7, 11) is 2.12. The molecule has 0 aromatic carbocycles. The fourth-order valence-electron chi connectivity index (χ4n) is 3.30. The largest absolute Gasteiger partial charge is 0.480 e. The Morgan fingerprint density at radius 1 is 1.43 bits per heavy atom. The van der Waals surface area contributed by atoms with Crippen molar-refractivity contribution in [3.05, 3.63) is 0 Å². The maximum Gasteiger partial charge on any atom is 0.323 e. The molecule has 1 aliphatic heterocycles. The lowest BCUT2D eigenvalue weighted by Gasteiger charge is -2.31. The van der Waals surface area contributed by atoms with E-state index in [2.05, 4.69) is 29.1 Å². The van der Waals surface area contributed by atoms with Crippen molar-refractivity contribution in [3.8, 4) is 0 Å². The van der Waals surface area contributed by atoms with Crippen molar-refractivity contribution in [1.82, 2.24) is 15.1 Å². The molecule has 0 aromatic rings. The molecular weight excluding hydrogens is 266 g/mol. The first-order valence-electron chi connectivity index (χ1n) is 8.38. The Morgan fingerprint density at radius 2 is 2.14 bits per heavy atom. The predicted molar refractivity (Wildman–Crippen MR) is 84.6 cm³/mol. The highest BCUT2D eigenvalue weighted by atomic mass is 16.4. The van der Waals surface area contributed by atoms with Gasteiger partial charge >= 0.3 is 5.97 Å². The fraction of sp³-hybridized carbons (Fsp3) is 0.938. The van der Waals surface area contributed by atoms with Crippen LogP contribution in [0.4, 0.5) is 0 Å². The minimum Gasteiger partial charge on any atom is -0.480 e. The van der Waals surface area contributed by atoms with Crippen LogP contribution in [0.15, 0.2) is 0 Å². The summed E-state index contributed by atoms with van der Waals surface area (Å²) in [5.41, 5.74) is -0.782. The van der Waals surface area contributed by atoms with Crippen molar-refractivity contribution >= 4 is 5.97 Å². The van der Waals surface area contributed by atoms with Gasteiger partial charge in [-0.2, -0.15) is 0 Å². The number of nitrogens with zero attached hydrogens (tertiary/aromatic N) is 2. The molecule has 0 amide bonds. The van der Waals surface area contributed by atoms with E-state index < -0.39 is 11.5 Å². The molecule has 122 valence electrons. The molecular formula is C16H31N3O2. The number of hydrogen-bond acceptors (Lipinski definition) is 4. The monoisotopic (exact) mass is 297 g/mol. The van der Waals surface area contributed by atoms with Crippen LogP contribution in [0.25, 0.3) is 0 Å². The topological polar surface area (TPSA) is 55.8 Å². The number of hydrogen-bond donors (Lipinski definition) is 2. The van der Waals surface area contributed by atoms with Gasteiger partial charge in [-0.1, -0.05) is 6.92 Å². The molecule has 1 saturated heterocycles. The minimum absolute atomic E-state index is 0.418. The van der Waals surface area contributed by atoms with E-state index in [1.165, 1.54) is 19.4 Å². The lowest BCUT2D eigenvalue weighted by Crippen LogP contribution is -2.52. The first-order chi connectivity index (χ1) is 9.94. The van der Waals surface area contributed by atoms with Gasteiger partial charge in [0.2, 0.25) is 0 Å². The van der Waals surface area contributed by atoms with Crippen LogP contribution in [0.2, 0.25) is 0 Å². The molecule has 21 heavy (non-hydrogen) atoms. The third-order valence-electron chi connectivity index (χ3n) is 4.99. The zero-order valence-corrected chi connectivity index (χ0v) is 13.8. The van der Waals surface area contributed by atoms with E-state index in [-0.39, 0.29) is 0 Å². The van der Waals surface area contributed by atoms with Crippen molar-refractivity contribution in [2.75, 3.05) is 33.2 Å². The smallest absolute Gasteiger partial charge is 0.323 e. The fourth-order valence-corrected chi connectivity index (χ4v) is 3.30. The zero-order chi connectivity index (χ0) is 15.5. The molecule has 2 fully saturated rings. The standard InChI is InChI=1S/C16H31N3O2/c1-4-19-10-5-6-14(19)12-18(3)11-9-16(2,15(20)21)17-13-7-8-13/h13-14,17H,4-12H2,1-3H3,(H,20,21). The quantitative estimate of drug-likeness (QED) is 0.673. The highest BCUT2D eigenvalue weighted by Crippen LogP contribution is 2.24. The van der Waals surface area contributed by atoms with Crippen LogP contribution in [0.1, 0.15) is 46.0 Å². The zero-order valence-electron chi connectivity index (χ0n) is 13.8. The number of likely N-dealkylation sites (N-methyl/N-ethyl adjacent to an activating group) is 2. The molecule has 2 atom stereocenters. The second-order valence-electron chi connectivity index (χ2n) is 6.99. The third kappa shape index (κ3) is 4.66. The molecule has 1 saturated carbocycles. The number of nitrogens with one attached hydrogen (secondary N) is 1. The Morgan fingerprint density at radius 3 is 2.71 bits per heavy atom. The van der Waals surface area contributed by atoms with Crippen molar-refractivity contribution in [3.63, 3.8) is 0 Å². The van der Waals surface area contributed by atoms with Gasteiger partial charge in [-0.05, 0) is 59.2 Å². The van der Waals surface area contributed by atoms with Gasteiger partial charge in [-0.25, -0.2) is 0 Å². The Bertz CT molecular complexity index is 359. The molecule has 2 aliphatic rings. The normalized spacial score (nSPS) is 26.2. The summed E-state index contributed by atoms with van der Waals surface area (Å²) in [4.78, 5) is 16.4. The van der Waals surface area contributed by atoms with Crippen molar-refractivity contribution in [2.24, 2.45) is 0 Å². The number of carboxylic acid groups (broad SMARTS) is 1. The van der Waals surface area contributed by atoms with Crippen molar-refractivity contribution in [2.45, 2.75) is 63.6 Å². The number of aliphatic carboxylic acids is 1. The average molecular weight is 297 g/mol. The average Bonchev–Trinajstić information content (AvgIpc) is 3.13. The number of carboxylic acids is 1. The van der Waals surface area contributed by atoms with E-state index >= 15 is 0 Å². The molecule has 0 bridgehead atoms. The lowest BCUT2D eigenvalue weighted by molar-refractivity contribution is -0.144. The van der Waals surface area contributed by atoms with Crippen LogP contribution >= 0.6 is 0 Å². The Balaban J connectivity index is 1.78. The van der Waals surface area contributed by atoms with Crippen molar-refractivity contribution in [1.29, 1.82) is 0 Å². The van der Waals surface area contributed by atoms with E-state index in [9.17, 15) is 9.90 Å². The van der Waals surface area contributed by atoms with Crippen LogP contribution in [0.5, 0.6) is 0 Å². The van der Waals surface area contributed by atoms with E-state index in [4.69, 9.17) is 0 Å². The highest BCUT2D eigenvalue weighted by molar-refractivity contribution is 5.78. The van der Waals surface area contributed by atoms with Crippen LogP contribution in [0, 0.1) is 0 Å². The summed E-state index contributed by atoms with van der Waals surface area (Å²) >= 11 is 0. The third-order valence-corrected chi connectivity index (χ3v) is 4.99. The molecule has 0 radical (unpaired) electrons. The Labute approximate surface area is 128 Å². The second-order valence-corrected chi connectivity index (χ2v) is 6.99. The minimum atomic E-state index is -0.782. The predicted octanol–water partition coefficient (Wildman–Crippen LogP) is 1.39. The summed E-state index contributed by atoms with van der Waals surface area (Å²) in [6.45, 7) is 8.26. The van der Waals surface area contributed by atoms with E-state index in [1.807, 2.05) is 6.92 Å². The Hall–Kier alpha value is -0.650. The number of rotatable bonds is 9. The summed E-state index contributed by atoms with van der Waals surface area (Å²) in [6, 6.07) is 1.06. The van der Waals surface area contributed by atoms with Gasteiger partial charge in [0, 0.05) is 25.2 Å².